The van der Waals surface area contributed by atoms with Gasteiger partial charge in [0.2, 0.25) is 16.9 Å². The first-order valence-corrected chi connectivity index (χ1v) is 11.1. The number of carbonyl (C=O) groups excluding carboxylic acids is 1. The Morgan fingerprint density at radius 1 is 0.971 bits per heavy atom. The van der Waals surface area contributed by atoms with E-state index in [4.69, 9.17) is 23.4 Å². The number of hydrogen-bond donors (Lipinski definition) is 0. The molecule has 3 aromatic rings. The molecule has 3 rings (SSSR count). The molecule has 0 atom stereocenters. The maximum absolute atomic E-state index is 12.4. The lowest BCUT2D eigenvalue weighted by atomic mass is 10.1. The first-order valence-electron chi connectivity index (χ1n) is 10.1. The zero-order chi connectivity index (χ0) is 24.7. The van der Waals surface area contributed by atoms with Crippen molar-refractivity contribution < 1.29 is 28.2 Å². The summed E-state index contributed by atoms with van der Waals surface area (Å²) in [6, 6.07) is 6.50. The van der Waals surface area contributed by atoms with Gasteiger partial charge in [-0.3, -0.25) is 4.79 Å². The third-order valence-corrected chi connectivity index (χ3v) is 5.34. The minimum absolute atomic E-state index is 0.212. The number of nitrogens with zero attached hydrogens (tertiary/aromatic N) is 2. The molecule has 34 heavy (non-hydrogen) atoms. The number of aromatic nitrogens is 2. The van der Waals surface area contributed by atoms with Crippen LogP contribution in [0.25, 0.3) is 6.08 Å². The van der Waals surface area contributed by atoms with Crippen LogP contribution in [0.15, 0.2) is 51.0 Å². The average molecular weight is 485 g/mol. The van der Waals surface area contributed by atoms with Crippen molar-refractivity contribution in [2.24, 2.45) is 0 Å². The largest absolute Gasteiger partial charge is 0.493 e. The van der Waals surface area contributed by atoms with Crippen molar-refractivity contribution in [3.05, 3.63) is 69.5 Å². The van der Waals surface area contributed by atoms with Crippen molar-refractivity contribution in [3.63, 3.8) is 0 Å². The maximum Gasteiger partial charge on any atom is 0.336 e. The highest BCUT2D eigenvalue weighted by molar-refractivity contribution is 7.98. The summed E-state index contributed by atoms with van der Waals surface area (Å²) in [7, 11) is 4.49. The van der Waals surface area contributed by atoms with Crippen LogP contribution in [-0.2, 0) is 10.5 Å². The predicted molar refractivity (Wildman–Crippen MR) is 127 cm³/mol. The lowest BCUT2D eigenvalue weighted by Gasteiger charge is -2.12. The van der Waals surface area contributed by atoms with E-state index in [1.807, 2.05) is 19.9 Å². The van der Waals surface area contributed by atoms with E-state index in [-0.39, 0.29) is 5.75 Å². The molecule has 178 valence electrons. The number of methoxy groups -OCH3 is 3. The van der Waals surface area contributed by atoms with Gasteiger partial charge in [0.25, 0.3) is 0 Å². The second kappa shape index (κ2) is 11.4. The number of aryl methyl sites for hydroxylation is 2. The Labute approximate surface area is 200 Å². The lowest BCUT2D eigenvalue weighted by Crippen LogP contribution is -2.12. The Bertz CT molecular complexity index is 1230. The molecule has 0 spiro atoms. The fourth-order valence-corrected chi connectivity index (χ4v) is 3.83. The van der Waals surface area contributed by atoms with E-state index in [1.165, 1.54) is 51.3 Å². The monoisotopic (exact) mass is 484 g/mol. The molecule has 2 aromatic heterocycles. The number of ether oxygens (including phenoxy) is 4. The third-order valence-electron chi connectivity index (χ3n) is 4.47. The van der Waals surface area contributed by atoms with Crippen LogP contribution in [0.5, 0.6) is 23.0 Å². The SMILES string of the molecule is COc1cc(/C=C/C(=O)Oc2coc(CSc3nc(C)cc(C)n3)cc2=O)cc(OC)c1OC. The Hall–Kier alpha value is -3.79. The van der Waals surface area contributed by atoms with Gasteiger partial charge in [0.1, 0.15) is 12.0 Å². The molecule has 0 amide bonds. The van der Waals surface area contributed by atoms with Gasteiger partial charge in [-0.05, 0) is 43.7 Å². The van der Waals surface area contributed by atoms with Crippen molar-refractivity contribution in [3.8, 4) is 23.0 Å². The summed E-state index contributed by atoms with van der Waals surface area (Å²) in [6.45, 7) is 3.77. The van der Waals surface area contributed by atoms with E-state index in [0.717, 1.165) is 17.7 Å². The fourth-order valence-electron chi connectivity index (χ4n) is 2.99. The van der Waals surface area contributed by atoms with Gasteiger partial charge < -0.3 is 23.4 Å². The highest BCUT2D eigenvalue weighted by atomic mass is 32.2. The Kier molecular flexibility index (Phi) is 8.31. The first kappa shape index (κ1) is 24.8. The predicted octanol–water partition coefficient (Wildman–Crippen LogP) is 3.98. The number of hydrogen-bond acceptors (Lipinski definition) is 10. The molecule has 9 nitrogen and oxygen atoms in total. The van der Waals surface area contributed by atoms with Gasteiger partial charge in [-0.15, -0.1) is 0 Å². The van der Waals surface area contributed by atoms with Crippen LogP contribution in [0.3, 0.4) is 0 Å². The number of esters is 1. The Balaban J connectivity index is 1.66. The van der Waals surface area contributed by atoms with Crippen molar-refractivity contribution in [1.29, 1.82) is 0 Å². The molecule has 0 saturated carbocycles. The summed E-state index contributed by atoms with van der Waals surface area (Å²) in [5, 5.41) is 0.590. The van der Waals surface area contributed by atoms with E-state index in [0.29, 0.717) is 39.5 Å². The quantitative estimate of drug-likeness (QED) is 0.191. The summed E-state index contributed by atoms with van der Waals surface area (Å²) in [5.74, 6) is 1.12. The van der Waals surface area contributed by atoms with Crippen LogP contribution in [0.1, 0.15) is 22.7 Å². The highest BCUT2D eigenvalue weighted by Gasteiger charge is 2.13. The van der Waals surface area contributed by atoms with Gasteiger partial charge in [0, 0.05) is 23.5 Å². The van der Waals surface area contributed by atoms with Gasteiger partial charge in [0.15, 0.2) is 16.7 Å². The van der Waals surface area contributed by atoms with Gasteiger partial charge in [0.05, 0.1) is 27.1 Å². The third kappa shape index (κ3) is 6.38. The van der Waals surface area contributed by atoms with Crippen molar-refractivity contribution >= 4 is 23.8 Å². The van der Waals surface area contributed by atoms with Crippen molar-refractivity contribution in [2.45, 2.75) is 24.8 Å². The Morgan fingerprint density at radius 3 is 2.18 bits per heavy atom. The van der Waals surface area contributed by atoms with Crippen LogP contribution in [0, 0.1) is 13.8 Å². The van der Waals surface area contributed by atoms with E-state index in [9.17, 15) is 9.59 Å². The summed E-state index contributed by atoms with van der Waals surface area (Å²) in [5.41, 5.74) is 1.86. The molecule has 0 aliphatic heterocycles. The van der Waals surface area contributed by atoms with Crippen LogP contribution < -0.4 is 24.4 Å². The summed E-state index contributed by atoms with van der Waals surface area (Å²) >= 11 is 1.34. The zero-order valence-corrected chi connectivity index (χ0v) is 20.2. The molecular formula is C24H24N2O7S. The molecule has 0 saturated heterocycles. The molecular weight excluding hydrogens is 460 g/mol. The molecule has 2 heterocycles. The smallest absolute Gasteiger partial charge is 0.336 e. The van der Waals surface area contributed by atoms with Gasteiger partial charge in [-0.1, -0.05) is 11.8 Å². The van der Waals surface area contributed by atoms with Gasteiger partial charge in [-0.2, -0.15) is 0 Å². The molecule has 0 aliphatic rings. The average Bonchev–Trinajstić information content (AvgIpc) is 2.81. The molecule has 10 heteroatoms. The number of benzene rings is 1. The first-order chi connectivity index (χ1) is 16.3. The van der Waals surface area contributed by atoms with E-state index in [2.05, 4.69) is 9.97 Å². The van der Waals surface area contributed by atoms with E-state index in [1.54, 1.807) is 12.1 Å². The zero-order valence-electron chi connectivity index (χ0n) is 19.4. The molecule has 0 aliphatic carbocycles. The van der Waals surface area contributed by atoms with Crippen LogP contribution >= 0.6 is 11.8 Å². The lowest BCUT2D eigenvalue weighted by molar-refractivity contribution is -0.129. The highest BCUT2D eigenvalue weighted by Crippen LogP contribution is 2.38. The van der Waals surface area contributed by atoms with Crippen molar-refractivity contribution in [1.82, 2.24) is 9.97 Å². The Morgan fingerprint density at radius 2 is 1.62 bits per heavy atom. The summed E-state index contributed by atoms with van der Waals surface area (Å²) < 4.78 is 26.4. The molecule has 0 N–H and O–H groups in total. The summed E-state index contributed by atoms with van der Waals surface area (Å²) in [6.07, 6.45) is 3.80. The fraction of sp³-hybridized carbons (Fsp3) is 0.250. The second-order valence-corrected chi connectivity index (χ2v) is 7.95. The minimum Gasteiger partial charge on any atom is -0.493 e. The standard InChI is InChI=1S/C24H24N2O7S/c1-14-8-15(2)26-24(25-14)34-13-17-11-18(27)21(12-32-17)33-22(28)7-6-16-9-19(29-3)23(31-5)20(10-16)30-4/h6-12H,13H2,1-5H3/b7-6+. The van der Waals surface area contributed by atoms with Crippen LogP contribution in [0.2, 0.25) is 0 Å². The minimum atomic E-state index is -0.744. The van der Waals surface area contributed by atoms with E-state index < -0.39 is 11.4 Å². The number of rotatable bonds is 9. The van der Waals surface area contributed by atoms with Gasteiger partial charge >= 0.3 is 5.97 Å². The molecule has 0 radical (unpaired) electrons. The summed E-state index contributed by atoms with van der Waals surface area (Å²) in [4.78, 5) is 33.3. The van der Waals surface area contributed by atoms with Gasteiger partial charge in [-0.25, -0.2) is 14.8 Å². The second-order valence-electron chi connectivity index (χ2n) is 7.01. The topological polar surface area (TPSA) is 110 Å². The van der Waals surface area contributed by atoms with E-state index >= 15 is 0 Å². The molecule has 1 aromatic carbocycles. The number of carbonyl (C=O) groups is 1. The van der Waals surface area contributed by atoms with Crippen LogP contribution in [0.4, 0.5) is 0 Å². The molecule has 0 bridgehead atoms. The molecule has 0 unspecified atom stereocenters. The normalized spacial score (nSPS) is 10.9. The number of thioether (sulfide) groups is 1. The maximum atomic E-state index is 12.4. The van der Waals surface area contributed by atoms with Crippen molar-refractivity contribution in [2.75, 3.05) is 21.3 Å². The molecule has 0 fully saturated rings. The van der Waals surface area contributed by atoms with Crippen LogP contribution in [-0.4, -0.2) is 37.3 Å².